The molecule has 0 aliphatic carbocycles. The number of nitrogens with one attached hydrogen (secondary N) is 2. The normalized spacial score (nSPS) is 9.64. The molecule has 0 aromatic heterocycles. The zero-order valence-electron chi connectivity index (χ0n) is 6.46. The van der Waals surface area contributed by atoms with Crippen LogP contribution in [-0.4, -0.2) is 33.4 Å². The van der Waals surface area contributed by atoms with Crippen molar-refractivity contribution in [1.82, 2.24) is 10.9 Å². The molecule has 0 aromatic rings. The van der Waals surface area contributed by atoms with E-state index in [0.29, 0.717) is 0 Å². The van der Waals surface area contributed by atoms with E-state index in [-0.39, 0.29) is 6.73 Å². The number of hydrogen-bond donors (Lipinski definition) is 2. The van der Waals surface area contributed by atoms with Gasteiger partial charge in [-0.05, 0) is 0 Å². The summed E-state index contributed by atoms with van der Waals surface area (Å²) in [7, 11) is 2.79. The molecule has 6 nitrogen and oxygen atoms in total. The highest BCUT2D eigenvalue weighted by molar-refractivity contribution is 5.69. The zero-order valence-corrected chi connectivity index (χ0v) is 6.46. The van der Waals surface area contributed by atoms with E-state index in [0.717, 1.165) is 0 Å². The van der Waals surface area contributed by atoms with Gasteiger partial charge in [0.05, 0.1) is 7.11 Å². The van der Waals surface area contributed by atoms with Crippen molar-refractivity contribution in [2.75, 3.05) is 21.0 Å². The first-order valence-electron chi connectivity index (χ1n) is 2.88. The molecule has 2 N–H and O–H groups in total. The van der Waals surface area contributed by atoms with E-state index in [1.165, 1.54) is 20.6 Å². The van der Waals surface area contributed by atoms with Gasteiger partial charge in [0.1, 0.15) is 13.1 Å². The first-order valence-corrected chi connectivity index (χ1v) is 2.88. The highest BCUT2D eigenvalue weighted by Crippen LogP contribution is 1.66. The van der Waals surface area contributed by atoms with Crippen LogP contribution in [0.1, 0.15) is 0 Å². The summed E-state index contributed by atoms with van der Waals surface area (Å²) >= 11 is 0. The van der Waals surface area contributed by atoms with Gasteiger partial charge in [0, 0.05) is 7.11 Å². The predicted octanol–water partition coefficient (Wildman–Crippen LogP) is -0.521. The van der Waals surface area contributed by atoms with E-state index in [1.54, 1.807) is 0 Å². The molecule has 1 amide bonds. The minimum atomic E-state index is -0.575. The van der Waals surface area contributed by atoms with Crippen LogP contribution >= 0.6 is 0 Å². The highest BCUT2D eigenvalue weighted by Gasteiger charge is 1.91. The predicted molar refractivity (Wildman–Crippen MR) is 39.0 cm³/mol. The lowest BCUT2D eigenvalue weighted by molar-refractivity contribution is 0.168. The topological polar surface area (TPSA) is 72.0 Å². The van der Waals surface area contributed by atoms with Crippen LogP contribution in [0, 0.1) is 0 Å². The van der Waals surface area contributed by atoms with Crippen LogP contribution in [0.15, 0.2) is 4.99 Å². The van der Waals surface area contributed by atoms with Crippen molar-refractivity contribution in [3.8, 4) is 0 Å². The molecule has 0 saturated carbocycles. The van der Waals surface area contributed by atoms with E-state index in [1.807, 2.05) is 0 Å². The molecular weight excluding hydrogens is 150 g/mol. The van der Waals surface area contributed by atoms with Crippen molar-refractivity contribution < 1.29 is 14.3 Å². The Hall–Kier alpha value is -1.30. The average molecular weight is 161 g/mol. The van der Waals surface area contributed by atoms with Gasteiger partial charge in [0.15, 0.2) is 0 Å². The SMILES string of the molecule is COC/N=C\NNC(=O)OC. The van der Waals surface area contributed by atoms with Crippen LogP contribution in [-0.2, 0) is 9.47 Å². The van der Waals surface area contributed by atoms with Crippen LogP contribution in [0.5, 0.6) is 0 Å². The number of nitrogens with zero attached hydrogens (tertiary/aromatic N) is 1. The minimum absolute atomic E-state index is 0.246. The monoisotopic (exact) mass is 161 g/mol. The first-order chi connectivity index (χ1) is 5.31. The van der Waals surface area contributed by atoms with Gasteiger partial charge in [-0.15, -0.1) is 0 Å². The molecule has 0 atom stereocenters. The second-order valence-electron chi connectivity index (χ2n) is 1.49. The smallest absolute Gasteiger partial charge is 0.425 e. The van der Waals surface area contributed by atoms with Gasteiger partial charge in [-0.1, -0.05) is 0 Å². The van der Waals surface area contributed by atoms with E-state index in [4.69, 9.17) is 0 Å². The third-order valence-corrected chi connectivity index (χ3v) is 0.719. The summed E-state index contributed by atoms with van der Waals surface area (Å²) in [5, 5.41) is 0. The first kappa shape index (κ1) is 9.70. The van der Waals surface area contributed by atoms with Crippen molar-refractivity contribution >= 4 is 12.4 Å². The summed E-state index contributed by atoms with van der Waals surface area (Å²) in [6.07, 6.45) is 0.717. The maximum absolute atomic E-state index is 10.4. The van der Waals surface area contributed by atoms with E-state index in [9.17, 15) is 4.79 Å². The number of amides is 1. The fourth-order valence-electron chi connectivity index (χ4n) is 0.300. The van der Waals surface area contributed by atoms with Crippen molar-refractivity contribution in [3.05, 3.63) is 0 Å². The lowest BCUT2D eigenvalue weighted by atomic mass is 11.1. The summed E-state index contributed by atoms with van der Waals surface area (Å²) in [6.45, 7) is 0.246. The summed E-state index contributed by atoms with van der Waals surface area (Å²) in [6, 6.07) is 0. The lowest BCUT2D eigenvalue weighted by Crippen LogP contribution is -2.36. The second-order valence-corrected chi connectivity index (χ2v) is 1.49. The number of methoxy groups -OCH3 is 2. The van der Waals surface area contributed by atoms with E-state index < -0.39 is 6.09 Å². The largest absolute Gasteiger partial charge is 0.452 e. The van der Waals surface area contributed by atoms with Crippen LogP contribution < -0.4 is 10.9 Å². The third kappa shape index (κ3) is 6.59. The molecule has 64 valence electrons. The second kappa shape index (κ2) is 6.81. The summed E-state index contributed by atoms with van der Waals surface area (Å²) in [5.41, 5.74) is 4.55. The molecule has 0 aromatic carbocycles. The Kier molecular flexibility index (Phi) is 6.01. The van der Waals surface area contributed by atoms with Gasteiger partial charge in [0.2, 0.25) is 0 Å². The molecule has 0 aliphatic heterocycles. The molecule has 0 radical (unpaired) electrons. The van der Waals surface area contributed by atoms with Crippen molar-refractivity contribution in [2.45, 2.75) is 0 Å². The molecule has 0 spiro atoms. The molecule has 6 heteroatoms. The maximum atomic E-state index is 10.4. The Morgan fingerprint density at radius 1 is 1.64 bits per heavy atom. The fraction of sp³-hybridized carbons (Fsp3) is 0.600. The Bertz CT molecular complexity index is 137. The van der Waals surface area contributed by atoms with E-state index >= 15 is 0 Å². The minimum Gasteiger partial charge on any atom is -0.452 e. The van der Waals surface area contributed by atoms with Gasteiger partial charge in [-0.2, -0.15) is 0 Å². The maximum Gasteiger partial charge on any atom is 0.425 e. The summed E-state index contributed by atoms with van der Waals surface area (Å²) in [5.74, 6) is 0. The molecule has 0 rings (SSSR count). The van der Waals surface area contributed by atoms with Crippen molar-refractivity contribution in [3.63, 3.8) is 0 Å². The van der Waals surface area contributed by atoms with Crippen molar-refractivity contribution in [1.29, 1.82) is 0 Å². The molecular formula is C5H11N3O3. The van der Waals surface area contributed by atoms with Crippen LogP contribution in [0.4, 0.5) is 4.79 Å². The Morgan fingerprint density at radius 2 is 2.36 bits per heavy atom. The molecule has 0 bridgehead atoms. The quantitative estimate of drug-likeness (QED) is 0.330. The molecule has 0 unspecified atom stereocenters. The van der Waals surface area contributed by atoms with Gasteiger partial charge in [0.25, 0.3) is 0 Å². The highest BCUT2D eigenvalue weighted by atomic mass is 16.5. The number of hydrazine groups is 1. The summed E-state index contributed by atoms with van der Waals surface area (Å²) in [4.78, 5) is 14.0. The van der Waals surface area contributed by atoms with Gasteiger partial charge in [-0.3, -0.25) is 5.43 Å². The molecule has 0 heterocycles. The van der Waals surface area contributed by atoms with E-state index in [2.05, 4.69) is 25.3 Å². The van der Waals surface area contributed by atoms with Gasteiger partial charge in [-0.25, -0.2) is 15.2 Å². The standard InChI is InChI=1S/C5H11N3O3/c1-10-4-6-3-7-8-5(9)11-2/h3H,4H2,1-2H3,(H,6,7)(H,8,9). The Balaban J connectivity index is 3.19. The number of rotatable bonds is 4. The third-order valence-electron chi connectivity index (χ3n) is 0.719. The van der Waals surface area contributed by atoms with Gasteiger partial charge >= 0.3 is 6.09 Å². The van der Waals surface area contributed by atoms with Gasteiger partial charge < -0.3 is 9.47 Å². The summed E-state index contributed by atoms with van der Waals surface area (Å²) < 4.78 is 8.84. The Labute approximate surface area is 64.6 Å². The van der Waals surface area contributed by atoms with Crippen LogP contribution in [0.2, 0.25) is 0 Å². The Morgan fingerprint density at radius 3 is 2.91 bits per heavy atom. The molecule has 11 heavy (non-hydrogen) atoms. The molecule has 0 aliphatic rings. The number of hydrogen-bond acceptors (Lipinski definition) is 4. The number of carbonyl (C=O) groups excluding carboxylic acids is 1. The molecule has 0 saturated heterocycles. The zero-order chi connectivity index (χ0) is 8.53. The number of aliphatic imine (C=N–C) groups is 1. The molecule has 0 fully saturated rings. The van der Waals surface area contributed by atoms with Crippen molar-refractivity contribution in [2.24, 2.45) is 4.99 Å². The van der Waals surface area contributed by atoms with Crippen LogP contribution in [0.25, 0.3) is 0 Å². The lowest BCUT2D eigenvalue weighted by Gasteiger charge is -2.00. The number of ether oxygens (including phenoxy) is 2. The number of carbonyl (C=O) groups is 1. The fourth-order valence-corrected chi connectivity index (χ4v) is 0.300. The van der Waals surface area contributed by atoms with Crippen LogP contribution in [0.3, 0.4) is 0 Å². The average Bonchev–Trinajstić information content (AvgIpc) is 2.04.